The lowest BCUT2D eigenvalue weighted by Crippen LogP contribution is -2.08. The van der Waals surface area contributed by atoms with E-state index < -0.39 is 4.92 Å². The number of fused-ring (bicyclic) bond motifs is 1. The summed E-state index contributed by atoms with van der Waals surface area (Å²) in [4.78, 5) is 14.8. The van der Waals surface area contributed by atoms with Gasteiger partial charge in [0, 0.05) is 12.4 Å². The van der Waals surface area contributed by atoms with E-state index in [-0.39, 0.29) is 5.69 Å². The van der Waals surface area contributed by atoms with Crippen LogP contribution in [0.5, 0.6) is 0 Å². The molecule has 7 heteroatoms. The van der Waals surface area contributed by atoms with Gasteiger partial charge in [-0.2, -0.15) is 0 Å². The highest BCUT2D eigenvalue weighted by Gasteiger charge is 2.20. The summed E-state index contributed by atoms with van der Waals surface area (Å²) in [6, 6.07) is 7.19. The monoisotopic (exact) mass is 260 g/mol. The lowest BCUT2D eigenvalue weighted by molar-refractivity contribution is -0.382. The van der Waals surface area contributed by atoms with Crippen molar-refractivity contribution in [2.45, 2.75) is 0 Å². The molecule has 3 rings (SSSR count). The van der Waals surface area contributed by atoms with E-state index in [0.29, 0.717) is 11.2 Å². The van der Waals surface area contributed by atoms with Gasteiger partial charge in [0.15, 0.2) is 5.52 Å². The number of nitro benzene ring substituents is 1. The molecule has 0 atom stereocenters. The second kappa shape index (κ2) is 4.11. The fraction of sp³-hybridized carbons (Fsp3) is 0. The van der Waals surface area contributed by atoms with Crippen LogP contribution in [0.4, 0.5) is 11.4 Å². The second-order valence-corrected chi connectivity index (χ2v) is 4.51. The third-order valence-electron chi connectivity index (χ3n) is 2.51. The van der Waals surface area contributed by atoms with Crippen molar-refractivity contribution in [1.29, 1.82) is 0 Å². The van der Waals surface area contributed by atoms with Crippen LogP contribution >= 0.6 is 11.3 Å². The van der Waals surface area contributed by atoms with Gasteiger partial charge in [0.25, 0.3) is 0 Å². The Hall–Kier alpha value is -2.41. The van der Waals surface area contributed by atoms with Gasteiger partial charge in [-0.1, -0.05) is 0 Å². The molecule has 0 unspecified atom stereocenters. The van der Waals surface area contributed by atoms with E-state index in [2.05, 4.69) is 10.4 Å². The molecular weight excluding hydrogens is 252 g/mol. The number of benzene rings is 1. The highest BCUT2D eigenvalue weighted by Crippen LogP contribution is 2.34. The molecule has 0 aliphatic heterocycles. The zero-order chi connectivity index (χ0) is 12.5. The predicted molar refractivity (Wildman–Crippen MR) is 69.7 cm³/mol. The summed E-state index contributed by atoms with van der Waals surface area (Å²) < 4.78 is 2.46. The number of anilines is 1. The first kappa shape index (κ1) is 10.7. The Balaban J connectivity index is 2.15. The Bertz CT molecular complexity index is 705. The lowest BCUT2D eigenvalue weighted by Gasteiger charge is -2.07. The average molecular weight is 260 g/mol. The van der Waals surface area contributed by atoms with E-state index in [9.17, 15) is 10.1 Å². The Morgan fingerprint density at radius 2 is 2.11 bits per heavy atom. The fourth-order valence-electron chi connectivity index (χ4n) is 1.74. The largest absolute Gasteiger partial charge is 0.320 e. The van der Waals surface area contributed by atoms with E-state index in [0.717, 1.165) is 4.70 Å². The standard InChI is InChI=1S/C11H8N4O2S/c16-15(17)11-8(13-14-5-1-2-6-14)3-4-9-10(11)12-7-18-9/h1-7,13H. The van der Waals surface area contributed by atoms with Crippen LogP contribution in [-0.4, -0.2) is 14.6 Å². The van der Waals surface area contributed by atoms with E-state index in [1.807, 2.05) is 18.2 Å². The Morgan fingerprint density at radius 1 is 1.33 bits per heavy atom. The highest BCUT2D eigenvalue weighted by molar-refractivity contribution is 7.16. The quantitative estimate of drug-likeness (QED) is 0.580. The molecule has 1 aromatic carbocycles. The Labute approximate surface area is 106 Å². The molecule has 0 bridgehead atoms. The number of thiazole rings is 1. The van der Waals surface area contributed by atoms with Gasteiger partial charge >= 0.3 is 5.69 Å². The maximum Gasteiger partial charge on any atom is 0.320 e. The zero-order valence-electron chi connectivity index (χ0n) is 9.11. The summed E-state index contributed by atoms with van der Waals surface area (Å²) in [5.74, 6) is 0. The summed E-state index contributed by atoms with van der Waals surface area (Å²) in [6.45, 7) is 0. The number of nitro groups is 1. The van der Waals surface area contributed by atoms with Gasteiger partial charge in [-0.05, 0) is 24.3 Å². The minimum absolute atomic E-state index is 0.00227. The molecule has 0 aliphatic rings. The summed E-state index contributed by atoms with van der Waals surface area (Å²) in [5.41, 5.74) is 5.41. The minimum Gasteiger partial charge on any atom is -0.288 e. The van der Waals surface area contributed by atoms with Gasteiger partial charge < -0.3 is 0 Å². The maximum atomic E-state index is 11.2. The topological polar surface area (TPSA) is 73.0 Å². The van der Waals surface area contributed by atoms with Gasteiger partial charge in [-0.25, -0.2) is 4.98 Å². The van der Waals surface area contributed by atoms with Gasteiger partial charge in [-0.15, -0.1) is 11.3 Å². The van der Waals surface area contributed by atoms with E-state index in [1.54, 1.807) is 28.6 Å². The zero-order valence-corrected chi connectivity index (χ0v) is 9.92. The molecule has 90 valence electrons. The van der Waals surface area contributed by atoms with E-state index in [4.69, 9.17) is 0 Å². The summed E-state index contributed by atoms with van der Waals surface area (Å²) >= 11 is 1.39. The number of hydrogen-bond acceptors (Lipinski definition) is 5. The van der Waals surface area contributed by atoms with Crippen molar-refractivity contribution >= 4 is 32.9 Å². The Morgan fingerprint density at radius 3 is 2.83 bits per heavy atom. The number of hydrogen-bond donors (Lipinski definition) is 1. The van der Waals surface area contributed by atoms with Crippen LogP contribution in [0.15, 0.2) is 42.2 Å². The molecule has 0 saturated heterocycles. The van der Waals surface area contributed by atoms with Gasteiger partial charge in [0.2, 0.25) is 0 Å². The molecule has 0 saturated carbocycles. The molecule has 0 radical (unpaired) electrons. The molecule has 0 spiro atoms. The van der Waals surface area contributed by atoms with Crippen LogP contribution in [0.2, 0.25) is 0 Å². The smallest absolute Gasteiger partial charge is 0.288 e. The van der Waals surface area contributed by atoms with Crippen molar-refractivity contribution in [2.24, 2.45) is 0 Å². The second-order valence-electron chi connectivity index (χ2n) is 3.62. The molecule has 1 N–H and O–H groups in total. The molecule has 0 amide bonds. The first-order chi connectivity index (χ1) is 8.75. The van der Waals surface area contributed by atoms with Crippen LogP contribution in [0.3, 0.4) is 0 Å². The molecule has 0 aliphatic carbocycles. The highest BCUT2D eigenvalue weighted by atomic mass is 32.1. The van der Waals surface area contributed by atoms with Crippen LogP contribution < -0.4 is 5.43 Å². The molecule has 2 aromatic heterocycles. The summed E-state index contributed by atoms with van der Waals surface area (Å²) in [7, 11) is 0. The number of nitrogens with zero attached hydrogens (tertiary/aromatic N) is 3. The fourth-order valence-corrected chi connectivity index (χ4v) is 2.42. The van der Waals surface area contributed by atoms with Crippen LogP contribution in [-0.2, 0) is 0 Å². The molecule has 18 heavy (non-hydrogen) atoms. The minimum atomic E-state index is -0.409. The van der Waals surface area contributed by atoms with Crippen LogP contribution in [0.1, 0.15) is 0 Å². The summed E-state index contributed by atoms with van der Waals surface area (Å²) in [6.07, 6.45) is 3.55. The molecule has 6 nitrogen and oxygen atoms in total. The molecule has 2 heterocycles. The maximum absolute atomic E-state index is 11.2. The predicted octanol–water partition coefficient (Wildman–Crippen LogP) is 2.88. The molecule has 0 fully saturated rings. The van der Waals surface area contributed by atoms with Crippen molar-refractivity contribution in [3.05, 3.63) is 52.3 Å². The van der Waals surface area contributed by atoms with Crippen LogP contribution in [0.25, 0.3) is 10.2 Å². The lowest BCUT2D eigenvalue weighted by atomic mass is 10.2. The molecule has 3 aromatic rings. The Kier molecular flexibility index (Phi) is 2.45. The van der Waals surface area contributed by atoms with E-state index >= 15 is 0 Å². The number of nitrogens with one attached hydrogen (secondary N) is 1. The van der Waals surface area contributed by atoms with Crippen molar-refractivity contribution in [1.82, 2.24) is 9.66 Å². The number of rotatable bonds is 3. The first-order valence-electron chi connectivity index (χ1n) is 5.16. The number of aromatic nitrogens is 2. The van der Waals surface area contributed by atoms with E-state index in [1.165, 1.54) is 11.3 Å². The normalized spacial score (nSPS) is 10.7. The SMILES string of the molecule is O=[N+]([O-])c1c(Nn2cccc2)ccc2scnc12. The van der Waals surface area contributed by atoms with Crippen LogP contribution in [0, 0.1) is 10.1 Å². The van der Waals surface area contributed by atoms with Gasteiger partial charge in [-0.3, -0.25) is 20.2 Å². The van der Waals surface area contributed by atoms with Crippen molar-refractivity contribution < 1.29 is 4.92 Å². The van der Waals surface area contributed by atoms with Crippen molar-refractivity contribution in [3.8, 4) is 0 Å². The van der Waals surface area contributed by atoms with Crippen molar-refractivity contribution in [3.63, 3.8) is 0 Å². The van der Waals surface area contributed by atoms with Gasteiger partial charge in [0.1, 0.15) is 5.69 Å². The average Bonchev–Trinajstić information content (AvgIpc) is 2.98. The third-order valence-corrected chi connectivity index (χ3v) is 3.31. The first-order valence-corrected chi connectivity index (χ1v) is 6.04. The van der Waals surface area contributed by atoms with Crippen molar-refractivity contribution in [2.75, 3.05) is 5.43 Å². The summed E-state index contributed by atoms with van der Waals surface area (Å²) in [5, 5.41) is 11.2. The van der Waals surface area contributed by atoms with Gasteiger partial charge in [0.05, 0.1) is 15.1 Å². The third kappa shape index (κ3) is 1.70. The molecular formula is C11H8N4O2S.